The number of ether oxygens (including phenoxy) is 2. The van der Waals surface area contributed by atoms with Gasteiger partial charge in [-0.3, -0.25) is 4.79 Å². The molecular formula is C18H26FNO4Si. The van der Waals surface area contributed by atoms with Crippen LogP contribution in [0.4, 0.5) is 9.80 Å². The van der Waals surface area contributed by atoms with E-state index in [0.717, 1.165) is 11.3 Å². The molecule has 1 aromatic rings. The van der Waals surface area contributed by atoms with Crippen LogP contribution in [0, 0.1) is 5.92 Å². The lowest BCUT2D eigenvalue weighted by atomic mass is 9.82. The predicted octanol–water partition coefficient (Wildman–Crippen LogP) is 2.83. The number of amides is 1. The molecule has 2 aliphatic heterocycles. The summed E-state index contributed by atoms with van der Waals surface area (Å²) in [6.45, 7) is 5.10. The molecule has 138 valence electrons. The number of likely N-dealkylation sites (N-methyl/N-ethyl adjacent to an activating group) is 1. The van der Waals surface area contributed by atoms with E-state index in [0.29, 0.717) is 12.2 Å². The van der Waals surface area contributed by atoms with Crippen LogP contribution < -0.4 is 9.64 Å². The average Bonchev–Trinajstić information content (AvgIpc) is 2.96. The third-order valence-corrected chi connectivity index (χ3v) is 8.17. The van der Waals surface area contributed by atoms with Gasteiger partial charge in [-0.2, -0.15) is 0 Å². The van der Waals surface area contributed by atoms with Gasteiger partial charge in [-0.05, 0) is 37.7 Å². The number of fused-ring (bicyclic) bond motifs is 2. The summed E-state index contributed by atoms with van der Waals surface area (Å²) in [7, 11) is 0.171. The van der Waals surface area contributed by atoms with E-state index in [1.165, 1.54) is 0 Å². The van der Waals surface area contributed by atoms with Crippen LogP contribution in [-0.2, 0) is 15.1 Å². The van der Waals surface area contributed by atoms with Gasteiger partial charge in [-0.1, -0.05) is 6.92 Å². The molecule has 1 amide bonds. The fraction of sp³-hybridized carbons (Fsp3) is 0.611. The van der Waals surface area contributed by atoms with Crippen LogP contribution in [-0.4, -0.2) is 46.3 Å². The average molecular weight is 367 g/mol. The van der Waals surface area contributed by atoms with Gasteiger partial charge in [0.05, 0.1) is 18.9 Å². The Labute approximate surface area is 148 Å². The summed E-state index contributed by atoms with van der Waals surface area (Å²) >= 11 is 0. The molecule has 0 aromatic heterocycles. The van der Waals surface area contributed by atoms with Crippen LogP contribution >= 0.6 is 0 Å². The van der Waals surface area contributed by atoms with E-state index in [4.69, 9.17) is 9.47 Å². The third kappa shape index (κ3) is 2.52. The van der Waals surface area contributed by atoms with Crippen LogP contribution in [0.25, 0.3) is 0 Å². The van der Waals surface area contributed by atoms with Crippen molar-refractivity contribution in [3.63, 3.8) is 0 Å². The standard InChI is InChI=1S/C18H26FNO4Si/c1-11-16(25(4,5)19)15(8-9-21)24-18(11)13-10-12(23-3)6-7-14(13)20(2)17(18)22/h6-7,10-11,15-16,21H,8-9H2,1-5H3/t11-,15+,16-,18+/m1/s1. The Morgan fingerprint density at radius 1 is 1.44 bits per heavy atom. The molecule has 1 N–H and O–H groups in total. The number of rotatable bonds is 4. The van der Waals surface area contributed by atoms with E-state index in [-0.39, 0.29) is 24.0 Å². The van der Waals surface area contributed by atoms with Crippen molar-refractivity contribution in [1.82, 2.24) is 0 Å². The molecule has 0 aliphatic carbocycles. The molecule has 1 saturated heterocycles. The van der Waals surface area contributed by atoms with Gasteiger partial charge in [0, 0.05) is 30.7 Å². The number of hydrogen-bond donors (Lipinski definition) is 1. The lowest BCUT2D eigenvalue weighted by molar-refractivity contribution is -0.146. The van der Waals surface area contributed by atoms with Crippen molar-refractivity contribution in [2.75, 3.05) is 25.7 Å². The van der Waals surface area contributed by atoms with Crippen molar-refractivity contribution in [3.8, 4) is 5.75 Å². The number of halogens is 1. The van der Waals surface area contributed by atoms with Gasteiger partial charge in [0.2, 0.25) is 8.41 Å². The van der Waals surface area contributed by atoms with E-state index >= 15 is 4.11 Å². The number of hydrogen-bond acceptors (Lipinski definition) is 4. The first-order valence-corrected chi connectivity index (χ1v) is 11.6. The Morgan fingerprint density at radius 2 is 2.12 bits per heavy atom. The number of carbonyl (C=O) groups excluding carboxylic acids is 1. The van der Waals surface area contributed by atoms with Crippen molar-refractivity contribution in [3.05, 3.63) is 23.8 Å². The van der Waals surface area contributed by atoms with Crippen LogP contribution in [0.15, 0.2) is 18.2 Å². The molecule has 2 aliphatic rings. The molecule has 25 heavy (non-hydrogen) atoms. The number of aliphatic hydroxyl groups is 1. The van der Waals surface area contributed by atoms with Gasteiger partial charge in [-0.15, -0.1) is 0 Å². The Morgan fingerprint density at radius 3 is 2.68 bits per heavy atom. The summed E-state index contributed by atoms with van der Waals surface area (Å²) in [6.07, 6.45) is -0.144. The normalized spacial score (nSPS) is 31.7. The zero-order valence-corrected chi connectivity index (χ0v) is 16.4. The van der Waals surface area contributed by atoms with Crippen molar-refractivity contribution < 1.29 is 23.5 Å². The molecule has 1 aromatic carbocycles. The third-order valence-electron chi connectivity index (χ3n) is 5.71. The second kappa shape index (κ2) is 6.07. The lowest BCUT2D eigenvalue weighted by Gasteiger charge is -2.31. The summed E-state index contributed by atoms with van der Waals surface area (Å²) in [5, 5.41) is 9.42. The molecule has 1 fully saturated rings. The van der Waals surface area contributed by atoms with Gasteiger partial charge in [-0.25, -0.2) is 0 Å². The minimum absolute atomic E-state index is 0.0938. The fourth-order valence-electron chi connectivity index (χ4n) is 4.66. The lowest BCUT2D eigenvalue weighted by Crippen LogP contribution is -2.44. The first-order valence-electron chi connectivity index (χ1n) is 8.62. The summed E-state index contributed by atoms with van der Waals surface area (Å²) < 4.78 is 26.8. The topological polar surface area (TPSA) is 59.0 Å². The summed E-state index contributed by atoms with van der Waals surface area (Å²) in [6, 6.07) is 5.46. The molecule has 7 heteroatoms. The maximum Gasteiger partial charge on any atom is 0.264 e. The van der Waals surface area contributed by atoms with E-state index < -0.39 is 20.1 Å². The van der Waals surface area contributed by atoms with Crippen molar-refractivity contribution in [2.45, 2.75) is 43.7 Å². The second-order valence-corrected chi connectivity index (χ2v) is 11.3. The number of nitrogens with zero attached hydrogens (tertiary/aromatic N) is 1. The van der Waals surface area contributed by atoms with Crippen LogP contribution in [0.2, 0.25) is 18.6 Å². The quantitative estimate of drug-likeness (QED) is 0.657. The fourth-order valence-corrected chi connectivity index (χ4v) is 7.20. The smallest absolute Gasteiger partial charge is 0.264 e. The molecule has 3 rings (SSSR count). The van der Waals surface area contributed by atoms with E-state index in [2.05, 4.69) is 0 Å². The SMILES string of the molecule is COc1ccc2c(c1)[C@]1(O[C@@H](CCO)[C@H]([Si](C)(C)F)[C@H]1C)C(=O)N2C. The number of carbonyl (C=O) groups is 1. The Bertz CT molecular complexity index is 692. The Hall–Kier alpha value is -1.44. The Balaban J connectivity index is 2.17. The van der Waals surface area contributed by atoms with Crippen LogP contribution in [0.1, 0.15) is 18.9 Å². The van der Waals surface area contributed by atoms with E-state index in [9.17, 15) is 9.90 Å². The number of methoxy groups -OCH3 is 1. The van der Waals surface area contributed by atoms with Gasteiger partial charge >= 0.3 is 0 Å². The molecular weight excluding hydrogens is 341 g/mol. The molecule has 1 spiro atoms. The molecule has 2 heterocycles. The first kappa shape index (κ1) is 18.4. The largest absolute Gasteiger partial charge is 0.497 e. The van der Waals surface area contributed by atoms with Gasteiger partial charge in [0.25, 0.3) is 5.91 Å². The maximum atomic E-state index is 15.1. The van der Waals surface area contributed by atoms with Crippen LogP contribution in [0.3, 0.4) is 0 Å². The number of anilines is 1. The summed E-state index contributed by atoms with van der Waals surface area (Å²) in [5.41, 5.74) is -0.0801. The highest BCUT2D eigenvalue weighted by Gasteiger charge is 2.66. The van der Waals surface area contributed by atoms with E-state index in [1.54, 1.807) is 38.2 Å². The molecule has 0 bridgehead atoms. The van der Waals surface area contributed by atoms with Crippen molar-refractivity contribution in [2.24, 2.45) is 5.92 Å². The minimum atomic E-state index is -3.11. The number of aliphatic hydroxyl groups excluding tert-OH is 1. The van der Waals surface area contributed by atoms with Gasteiger partial charge < -0.3 is 23.6 Å². The number of benzene rings is 1. The monoisotopic (exact) mass is 367 g/mol. The molecule has 5 nitrogen and oxygen atoms in total. The van der Waals surface area contributed by atoms with Gasteiger partial charge in [0.1, 0.15) is 5.75 Å². The van der Waals surface area contributed by atoms with Gasteiger partial charge in [0.15, 0.2) is 5.60 Å². The predicted molar refractivity (Wildman–Crippen MR) is 96.2 cm³/mol. The molecule has 0 saturated carbocycles. The first-order chi connectivity index (χ1) is 11.7. The Kier molecular flexibility index (Phi) is 4.46. The second-order valence-electron chi connectivity index (χ2n) is 7.53. The summed E-state index contributed by atoms with van der Waals surface area (Å²) in [4.78, 5) is 14.8. The molecule has 0 radical (unpaired) electrons. The highest BCUT2D eigenvalue weighted by molar-refractivity contribution is 6.72. The molecule has 0 unspecified atom stereocenters. The highest BCUT2D eigenvalue weighted by Crippen LogP contribution is 2.60. The van der Waals surface area contributed by atoms with Crippen molar-refractivity contribution in [1.29, 1.82) is 0 Å². The van der Waals surface area contributed by atoms with Crippen molar-refractivity contribution >= 4 is 20.0 Å². The van der Waals surface area contributed by atoms with E-state index in [1.807, 2.05) is 19.1 Å². The van der Waals surface area contributed by atoms with Crippen LogP contribution in [0.5, 0.6) is 5.75 Å². The highest BCUT2D eigenvalue weighted by atomic mass is 28.4. The zero-order chi connectivity index (χ0) is 18.6. The molecule has 4 atom stereocenters. The minimum Gasteiger partial charge on any atom is -0.497 e. The summed E-state index contributed by atoms with van der Waals surface area (Å²) in [5.74, 6) is 0.141. The zero-order valence-electron chi connectivity index (χ0n) is 15.4. The maximum absolute atomic E-state index is 15.1.